The fraction of sp³-hybridized carbons (Fsp3) is 0.136. The van der Waals surface area contributed by atoms with Crippen molar-refractivity contribution in [3.63, 3.8) is 0 Å². The third kappa shape index (κ3) is 5.03. The lowest BCUT2D eigenvalue weighted by atomic mass is 10.1. The monoisotopic (exact) mass is 331 g/mol. The van der Waals surface area contributed by atoms with Crippen LogP contribution < -0.4 is 0 Å². The molecule has 25 heavy (non-hydrogen) atoms. The molecule has 126 valence electrons. The highest BCUT2D eigenvalue weighted by Gasteiger charge is 2.19. The summed E-state index contributed by atoms with van der Waals surface area (Å²) in [7, 11) is 0. The fourth-order valence-electron chi connectivity index (χ4n) is 2.63. The van der Waals surface area contributed by atoms with Gasteiger partial charge in [0.25, 0.3) is 0 Å². The molecule has 1 unspecified atom stereocenters. The maximum absolute atomic E-state index is 12.7. The molecule has 0 aliphatic heterocycles. The van der Waals surface area contributed by atoms with Crippen LogP contribution in [0.1, 0.15) is 22.7 Å². The molecular weight excluding hydrogens is 310 g/mol. The van der Waals surface area contributed by atoms with Gasteiger partial charge in [-0.05, 0) is 17.7 Å². The van der Waals surface area contributed by atoms with Crippen LogP contribution in [0.15, 0.2) is 91.0 Å². The first-order valence-corrected chi connectivity index (χ1v) is 8.35. The second-order valence-electron chi connectivity index (χ2n) is 5.83. The molecule has 0 N–H and O–H groups in total. The summed E-state index contributed by atoms with van der Waals surface area (Å²) >= 11 is 0. The molecule has 0 heterocycles. The fourth-order valence-corrected chi connectivity index (χ4v) is 2.63. The Labute approximate surface area is 148 Å². The number of rotatable bonds is 7. The molecule has 3 nitrogen and oxygen atoms in total. The van der Waals surface area contributed by atoms with Crippen LogP contribution in [0.2, 0.25) is 0 Å². The highest BCUT2D eigenvalue weighted by atomic mass is 16.5. The predicted octanol–water partition coefficient (Wildman–Crippen LogP) is 4.57. The van der Waals surface area contributed by atoms with Gasteiger partial charge in [0.15, 0.2) is 6.21 Å². The van der Waals surface area contributed by atoms with Crippen LogP contribution >= 0.6 is 0 Å². The molecular formula is C22H21NO2. The lowest BCUT2D eigenvalue weighted by molar-refractivity contribution is -0.508. The Morgan fingerprint density at radius 1 is 0.800 bits per heavy atom. The molecule has 0 fully saturated rings. The van der Waals surface area contributed by atoms with Crippen molar-refractivity contribution in [3.05, 3.63) is 113 Å². The van der Waals surface area contributed by atoms with E-state index in [9.17, 15) is 5.21 Å². The van der Waals surface area contributed by atoms with Crippen molar-refractivity contribution in [3.8, 4) is 0 Å². The van der Waals surface area contributed by atoms with Gasteiger partial charge in [-0.1, -0.05) is 78.9 Å². The normalized spacial score (nSPS) is 12.7. The Bertz CT molecular complexity index is 786. The van der Waals surface area contributed by atoms with Gasteiger partial charge < -0.3 is 9.94 Å². The Kier molecular flexibility index (Phi) is 5.96. The van der Waals surface area contributed by atoms with Gasteiger partial charge >= 0.3 is 0 Å². The van der Waals surface area contributed by atoms with Crippen LogP contribution in [0.5, 0.6) is 0 Å². The standard InChI is InChI=1S/C22H21NO2/c24-23(16-19-10-4-1-5-11-19)22(21-14-8-3-9-15-21)18-25-17-20-12-6-2-7-13-20/h1-16,22H,17-18H2/b23-16-. The van der Waals surface area contributed by atoms with Gasteiger partial charge in [-0.15, -0.1) is 0 Å². The van der Waals surface area contributed by atoms with E-state index in [0.29, 0.717) is 13.2 Å². The van der Waals surface area contributed by atoms with E-state index in [2.05, 4.69) is 0 Å². The Morgan fingerprint density at radius 2 is 1.36 bits per heavy atom. The Hall–Kier alpha value is -2.91. The summed E-state index contributed by atoms with van der Waals surface area (Å²) in [5.41, 5.74) is 2.91. The van der Waals surface area contributed by atoms with Crippen molar-refractivity contribution in [2.45, 2.75) is 12.6 Å². The molecule has 3 heteroatoms. The van der Waals surface area contributed by atoms with Crippen LogP contribution in [0.3, 0.4) is 0 Å². The zero-order valence-corrected chi connectivity index (χ0v) is 14.0. The van der Waals surface area contributed by atoms with Gasteiger partial charge in [0.05, 0.1) is 6.61 Å². The molecule has 3 aromatic rings. The topological polar surface area (TPSA) is 35.3 Å². The summed E-state index contributed by atoms with van der Waals surface area (Å²) in [6.45, 7) is 0.815. The third-order valence-electron chi connectivity index (χ3n) is 3.95. The molecule has 0 aliphatic rings. The smallest absolute Gasteiger partial charge is 0.211 e. The molecule has 0 spiro atoms. The van der Waals surface area contributed by atoms with Crippen molar-refractivity contribution in [2.75, 3.05) is 6.61 Å². The van der Waals surface area contributed by atoms with E-state index in [4.69, 9.17) is 4.74 Å². The zero-order valence-electron chi connectivity index (χ0n) is 14.0. The van der Waals surface area contributed by atoms with Crippen molar-refractivity contribution in [1.82, 2.24) is 0 Å². The Morgan fingerprint density at radius 3 is 2.00 bits per heavy atom. The minimum absolute atomic E-state index is 0.325. The van der Waals surface area contributed by atoms with E-state index in [1.807, 2.05) is 91.0 Å². The van der Waals surface area contributed by atoms with Crippen molar-refractivity contribution in [2.24, 2.45) is 0 Å². The minimum Gasteiger partial charge on any atom is -0.623 e. The van der Waals surface area contributed by atoms with Crippen molar-refractivity contribution in [1.29, 1.82) is 0 Å². The molecule has 3 rings (SSSR count). The number of ether oxygens (including phenoxy) is 1. The largest absolute Gasteiger partial charge is 0.623 e. The van der Waals surface area contributed by atoms with E-state index in [1.165, 1.54) is 0 Å². The SMILES string of the molecule is [O-]/[N+](=C\c1ccccc1)C(COCc1ccccc1)c1ccccc1. The van der Waals surface area contributed by atoms with Gasteiger partial charge in [0.2, 0.25) is 6.04 Å². The maximum atomic E-state index is 12.7. The minimum atomic E-state index is -0.384. The van der Waals surface area contributed by atoms with Crippen LogP contribution in [-0.4, -0.2) is 17.6 Å². The summed E-state index contributed by atoms with van der Waals surface area (Å²) < 4.78 is 6.82. The molecule has 0 aliphatic carbocycles. The Balaban J connectivity index is 1.74. The van der Waals surface area contributed by atoms with Crippen LogP contribution in [0, 0.1) is 5.21 Å². The quantitative estimate of drug-likeness (QED) is 0.275. The van der Waals surface area contributed by atoms with Gasteiger partial charge in [-0.25, -0.2) is 4.74 Å². The zero-order chi connectivity index (χ0) is 17.3. The second-order valence-corrected chi connectivity index (χ2v) is 5.83. The summed E-state index contributed by atoms with van der Waals surface area (Å²) in [5, 5.41) is 12.7. The maximum Gasteiger partial charge on any atom is 0.211 e. The first kappa shape index (κ1) is 16.9. The molecule has 0 saturated carbocycles. The number of hydroxylamine groups is 1. The molecule has 0 saturated heterocycles. The van der Waals surface area contributed by atoms with Crippen molar-refractivity contribution >= 4 is 6.21 Å². The van der Waals surface area contributed by atoms with E-state index < -0.39 is 0 Å². The van der Waals surface area contributed by atoms with Crippen LogP contribution in [0.4, 0.5) is 0 Å². The number of hydrogen-bond acceptors (Lipinski definition) is 2. The van der Waals surface area contributed by atoms with E-state index in [0.717, 1.165) is 21.4 Å². The molecule has 0 bridgehead atoms. The molecule has 0 aromatic heterocycles. The van der Waals surface area contributed by atoms with Crippen molar-refractivity contribution < 1.29 is 9.48 Å². The first-order valence-electron chi connectivity index (χ1n) is 8.35. The average molecular weight is 331 g/mol. The van der Waals surface area contributed by atoms with Gasteiger partial charge in [-0.2, -0.15) is 0 Å². The predicted molar refractivity (Wildman–Crippen MR) is 101 cm³/mol. The summed E-state index contributed by atoms with van der Waals surface area (Å²) in [4.78, 5) is 0. The summed E-state index contributed by atoms with van der Waals surface area (Å²) in [5.74, 6) is 0. The molecule has 1 atom stereocenters. The first-order chi connectivity index (χ1) is 12.3. The van der Waals surface area contributed by atoms with E-state index in [1.54, 1.807) is 6.21 Å². The summed E-state index contributed by atoms with van der Waals surface area (Å²) in [6.07, 6.45) is 1.61. The second kappa shape index (κ2) is 8.81. The molecule has 0 amide bonds. The molecule has 3 aromatic carbocycles. The number of nitrogens with zero attached hydrogens (tertiary/aromatic N) is 1. The van der Waals surface area contributed by atoms with E-state index >= 15 is 0 Å². The highest BCUT2D eigenvalue weighted by molar-refractivity contribution is 5.75. The highest BCUT2D eigenvalue weighted by Crippen LogP contribution is 2.18. The van der Waals surface area contributed by atoms with E-state index in [-0.39, 0.29) is 6.04 Å². The van der Waals surface area contributed by atoms with Gasteiger partial charge in [0.1, 0.15) is 6.61 Å². The van der Waals surface area contributed by atoms with Gasteiger partial charge in [-0.3, -0.25) is 0 Å². The number of benzene rings is 3. The number of hydrogen-bond donors (Lipinski definition) is 0. The van der Waals surface area contributed by atoms with Gasteiger partial charge in [0, 0.05) is 11.1 Å². The van der Waals surface area contributed by atoms with Crippen LogP contribution in [0.25, 0.3) is 0 Å². The summed E-state index contributed by atoms with van der Waals surface area (Å²) in [6, 6.07) is 28.9. The lowest BCUT2D eigenvalue weighted by Gasteiger charge is -2.18. The lowest BCUT2D eigenvalue weighted by Crippen LogP contribution is -2.20. The molecule has 0 radical (unpaired) electrons. The van der Waals surface area contributed by atoms with Crippen LogP contribution in [-0.2, 0) is 11.3 Å². The average Bonchev–Trinajstić information content (AvgIpc) is 2.67. The third-order valence-corrected chi connectivity index (χ3v) is 3.95.